The quantitative estimate of drug-likeness (QED) is 0.493. The second kappa shape index (κ2) is 4.14. The number of nitrogens with zero attached hydrogens (tertiary/aromatic N) is 1. The van der Waals surface area contributed by atoms with Crippen LogP contribution in [0.5, 0.6) is 0 Å². The van der Waals surface area contributed by atoms with E-state index in [0.29, 0.717) is 5.92 Å². The Labute approximate surface area is 79.4 Å². The molecule has 0 radical (unpaired) electrons. The highest BCUT2D eigenvalue weighted by atomic mass is 15.4. The van der Waals surface area contributed by atoms with Gasteiger partial charge in [0.2, 0.25) is 0 Å². The van der Waals surface area contributed by atoms with E-state index in [-0.39, 0.29) is 0 Å². The first-order valence-electron chi connectivity index (χ1n) is 4.48. The number of allylic oxidation sites excluding steroid dienone is 4. The lowest BCUT2D eigenvalue weighted by Crippen LogP contribution is -2.22. The van der Waals surface area contributed by atoms with Gasteiger partial charge in [0.05, 0.1) is 0 Å². The van der Waals surface area contributed by atoms with Gasteiger partial charge in [-0.1, -0.05) is 19.1 Å². The summed E-state index contributed by atoms with van der Waals surface area (Å²) in [6, 6.07) is 0. The van der Waals surface area contributed by atoms with Crippen LogP contribution < -0.4 is 11.6 Å². The van der Waals surface area contributed by atoms with E-state index in [1.165, 1.54) is 5.57 Å². The third-order valence-corrected chi connectivity index (χ3v) is 2.14. The van der Waals surface area contributed by atoms with Crippen molar-refractivity contribution in [2.24, 2.45) is 17.5 Å². The van der Waals surface area contributed by atoms with Gasteiger partial charge >= 0.3 is 0 Å². The lowest BCUT2D eigenvalue weighted by molar-refractivity contribution is 0.474. The molecule has 1 rings (SSSR count). The van der Waals surface area contributed by atoms with Crippen LogP contribution in [0.4, 0.5) is 0 Å². The normalized spacial score (nSPS) is 24.7. The molecule has 0 aliphatic heterocycles. The van der Waals surface area contributed by atoms with Crippen LogP contribution in [0, 0.1) is 5.92 Å². The molecule has 3 nitrogen and oxygen atoms in total. The summed E-state index contributed by atoms with van der Waals surface area (Å²) < 4.78 is 0. The Morgan fingerprint density at radius 3 is 2.85 bits per heavy atom. The summed E-state index contributed by atoms with van der Waals surface area (Å²) in [6.07, 6.45) is 8.86. The molecule has 1 aliphatic rings. The lowest BCUT2D eigenvalue weighted by Gasteiger charge is -2.21. The van der Waals surface area contributed by atoms with Gasteiger partial charge in [-0.2, -0.15) is 0 Å². The van der Waals surface area contributed by atoms with Gasteiger partial charge in [0.1, 0.15) is 0 Å². The van der Waals surface area contributed by atoms with Crippen LogP contribution in [0.2, 0.25) is 0 Å². The number of hydrazine groups is 1. The molecule has 0 spiro atoms. The van der Waals surface area contributed by atoms with Gasteiger partial charge in [0, 0.05) is 24.9 Å². The molecule has 3 heteroatoms. The molecule has 0 fully saturated rings. The van der Waals surface area contributed by atoms with E-state index in [9.17, 15) is 0 Å². The fraction of sp³-hybridized carbons (Fsp3) is 0.400. The fourth-order valence-electron chi connectivity index (χ4n) is 1.53. The van der Waals surface area contributed by atoms with Gasteiger partial charge in [0.15, 0.2) is 0 Å². The monoisotopic (exact) mass is 179 g/mol. The molecule has 0 heterocycles. The van der Waals surface area contributed by atoms with E-state index in [4.69, 9.17) is 11.6 Å². The second-order valence-electron chi connectivity index (χ2n) is 3.28. The summed E-state index contributed by atoms with van der Waals surface area (Å²) in [5.41, 5.74) is 7.95. The molecule has 1 unspecified atom stereocenters. The van der Waals surface area contributed by atoms with Crippen molar-refractivity contribution in [1.82, 2.24) is 5.01 Å². The van der Waals surface area contributed by atoms with E-state index in [1.54, 1.807) is 5.01 Å². The average molecular weight is 179 g/mol. The van der Waals surface area contributed by atoms with Crippen LogP contribution in [0.1, 0.15) is 13.3 Å². The molecule has 0 saturated carbocycles. The van der Waals surface area contributed by atoms with Crippen molar-refractivity contribution in [2.75, 3.05) is 7.05 Å². The summed E-state index contributed by atoms with van der Waals surface area (Å²) in [6.45, 7) is 2.12. The summed E-state index contributed by atoms with van der Waals surface area (Å²) in [5.74, 6) is 5.86. The van der Waals surface area contributed by atoms with Gasteiger partial charge in [-0.25, -0.2) is 5.84 Å². The zero-order valence-electron chi connectivity index (χ0n) is 8.20. The van der Waals surface area contributed by atoms with Gasteiger partial charge in [-0.3, -0.25) is 0 Å². The van der Waals surface area contributed by atoms with Crippen molar-refractivity contribution in [3.05, 3.63) is 35.7 Å². The molecular weight excluding hydrogens is 162 g/mol. The minimum Gasteiger partial charge on any atom is -0.402 e. The molecular formula is C10H17N3. The minimum atomic E-state index is 0.316. The Bertz CT molecular complexity index is 261. The molecule has 1 atom stereocenters. The van der Waals surface area contributed by atoms with Crippen molar-refractivity contribution in [3.63, 3.8) is 0 Å². The topological polar surface area (TPSA) is 55.3 Å². The van der Waals surface area contributed by atoms with Gasteiger partial charge in [0.25, 0.3) is 0 Å². The van der Waals surface area contributed by atoms with E-state index >= 15 is 0 Å². The maximum atomic E-state index is 5.87. The number of rotatable bonds is 2. The minimum absolute atomic E-state index is 0.316. The SMILES string of the molecule is CCC1C(N)=CC=C/C1=C/N(C)N. The van der Waals surface area contributed by atoms with Crippen molar-refractivity contribution in [3.8, 4) is 0 Å². The highest BCUT2D eigenvalue weighted by molar-refractivity contribution is 5.36. The van der Waals surface area contributed by atoms with Crippen LogP contribution in [0.25, 0.3) is 0 Å². The molecule has 0 bridgehead atoms. The Morgan fingerprint density at radius 2 is 2.31 bits per heavy atom. The Balaban J connectivity index is 2.87. The number of nitrogens with two attached hydrogens (primary N) is 2. The first-order chi connectivity index (χ1) is 6.15. The summed E-state index contributed by atoms with van der Waals surface area (Å²) in [5, 5.41) is 1.56. The molecule has 1 aliphatic carbocycles. The standard InChI is InChI=1S/C10H17N3/c1-3-9-8(7-13(2)12)5-4-6-10(9)11/h4-7,9H,3,11-12H2,1-2H3/b8-7-. The van der Waals surface area contributed by atoms with Crippen LogP contribution in [0.15, 0.2) is 35.7 Å². The highest BCUT2D eigenvalue weighted by Crippen LogP contribution is 2.25. The van der Waals surface area contributed by atoms with Gasteiger partial charge < -0.3 is 10.7 Å². The fourth-order valence-corrected chi connectivity index (χ4v) is 1.53. The van der Waals surface area contributed by atoms with E-state index < -0.39 is 0 Å². The third-order valence-electron chi connectivity index (χ3n) is 2.14. The van der Waals surface area contributed by atoms with E-state index in [2.05, 4.69) is 6.92 Å². The maximum absolute atomic E-state index is 5.87. The molecule has 13 heavy (non-hydrogen) atoms. The first kappa shape index (κ1) is 9.86. The second-order valence-corrected chi connectivity index (χ2v) is 3.28. The average Bonchev–Trinajstić information content (AvgIpc) is 2.03. The zero-order chi connectivity index (χ0) is 9.84. The molecule has 0 amide bonds. The molecule has 0 aromatic rings. The Hall–Kier alpha value is -1.22. The van der Waals surface area contributed by atoms with Crippen molar-refractivity contribution in [1.29, 1.82) is 0 Å². The third kappa shape index (κ3) is 2.36. The van der Waals surface area contributed by atoms with E-state index in [1.807, 2.05) is 31.5 Å². The Kier molecular flexibility index (Phi) is 3.14. The summed E-state index contributed by atoms with van der Waals surface area (Å²) in [4.78, 5) is 0. The van der Waals surface area contributed by atoms with E-state index in [0.717, 1.165) is 12.1 Å². The molecule has 72 valence electrons. The van der Waals surface area contributed by atoms with Gasteiger partial charge in [-0.05, 0) is 18.1 Å². The van der Waals surface area contributed by atoms with Crippen LogP contribution in [-0.4, -0.2) is 12.1 Å². The highest BCUT2D eigenvalue weighted by Gasteiger charge is 2.15. The summed E-state index contributed by atoms with van der Waals surface area (Å²) >= 11 is 0. The van der Waals surface area contributed by atoms with Crippen molar-refractivity contribution >= 4 is 0 Å². The lowest BCUT2D eigenvalue weighted by atomic mass is 9.90. The summed E-state index contributed by atoms with van der Waals surface area (Å²) in [7, 11) is 1.81. The number of hydrogen-bond donors (Lipinski definition) is 2. The molecule has 0 saturated heterocycles. The van der Waals surface area contributed by atoms with Crippen molar-refractivity contribution < 1.29 is 0 Å². The smallest absolute Gasteiger partial charge is 0.0247 e. The molecule has 4 N–H and O–H groups in total. The molecule has 0 aromatic carbocycles. The predicted octanol–water partition coefficient (Wildman–Crippen LogP) is 1.11. The number of hydrogen-bond acceptors (Lipinski definition) is 3. The molecule has 0 aromatic heterocycles. The van der Waals surface area contributed by atoms with Crippen LogP contribution >= 0.6 is 0 Å². The van der Waals surface area contributed by atoms with Crippen molar-refractivity contribution in [2.45, 2.75) is 13.3 Å². The predicted molar refractivity (Wildman–Crippen MR) is 55.2 cm³/mol. The van der Waals surface area contributed by atoms with Crippen LogP contribution in [0.3, 0.4) is 0 Å². The first-order valence-corrected chi connectivity index (χ1v) is 4.48. The van der Waals surface area contributed by atoms with Gasteiger partial charge in [-0.15, -0.1) is 0 Å². The zero-order valence-corrected chi connectivity index (χ0v) is 8.20. The Morgan fingerprint density at radius 1 is 1.62 bits per heavy atom. The van der Waals surface area contributed by atoms with Crippen LogP contribution in [-0.2, 0) is 0 Å². The maximum Gasteiger partial charge on any atom is 0.0247 e. The largest absolute Gasteiger partial charge is 0.402 e.